The Balaban J connectivity index is 1.30. The van der Waals surface area contributed by atoms with Crippen molar-refractivity contribution in [2.45, 2.75) is 89.3 Å². The first-order valence-corrected chi connectivity index (χ1v) is 19.6. The molecule has 0 saturated heterocycles. The Morgan fingerprint density at radius 1 is 0.875 bits per heavy atom. The lowest BCUT2D eigenvalue weighted by atomic mass is 9.48. The zero-order chi connectivity index (χ0) is 34.1. The van der Waals surface area contributed by atoms with E-state index in [9.17, 15) is 18.0 Å². The number of amides is 2. The number of anilines is 1. The van der Waals surface area contributed by atoms with Crippen molar-refractivity contribution in [2.24, 2.45) is 17.8 Å². The molecule has 4 fully saturated rings. The second-order valence-electron chi connectivity index (χ2n) is 14.7. The molecule has 4 saturated carbocycles. The molecule has 0 heterocycles. The van der Waals surface area contributed by atoms with E-state index in [1.807, 2.05) is 68.4 Å². The van der Waals surface area contributed by atoms with E-state index in [0.717, 1.165) is 41.6 Å². The summed E-state index contributed by atoms with van der Waals surface area (Å²) in [7, 11) is -3.84. The van der Waals surface area contributed by atoms with Gasteiger partial charge < -0.3 is 10.2 Å². The largest absolute Gasteiger partial charge is 0.352 e. The highest BCUT2D eigenvalue weighted by atomic mass is 35.5. The quantitative estimate of drug-likeness (QED) is 0.207. The third-order valence-electron chi connectivity index (χ3n) is 11.0. The van der Waals surface area contributed by atoms with Crippen LogP contribution in [0.1, 0.15) is 75.5 Å². The monoisotopic (exact) mass is 689 g/mol. The second kappa shape index (κ2) is 14.2. The minimum Gasteiger partial charge on any atom is -0.352 e. The number of carbonyl (C=O) groups excluding carboxylic acids is 2. The van der Waals surface area contributed by atoms with Crippen LogP contribution >= 0.6 is 11.6 Å². The summed E-state index contributed by atoms with van der Waals surface area (Å²) >= 11 is 6.17. The van der Waals surface area contributed by atoms with Gasteiger partial charge in [0.25, 0.3) is 0 Å². The number of hydrogen-bond acceptors (Lipinski definition) is 4. The maximum absolute atomic E-state index is 14.4. The Morgan fingerprint density at radius 3 is 2.00 bits per heavy atom. The maximum Gasteiger partial charge on any atom is 0.244 e. The number of hydrogen-bond donors (Lipinski definition) is 1. The zero-order valence-corrected chi connectivity index (χ0v) is 29.8. The molecule has 0 aliphatic heterocycles. The predicted octanol–water partition coefficient (Wildman–Crippen LogP) is 7.13. The van der Waals surface area contributed by atoms with Crippen LogP contribution in [0.4, 0.5) is 5.69 Å². The number of nitrogens with zero attached hydrogens (tertiary/aromatic N) is 2. The number of benzene rings is 3. The molecule has 4 bridgehead atoms. The predicted molar refractivity (Wildman–Crippen MR) is 192 cm³/mol. The van der Waals surface area contributed by atoms with Gasteiger partial charge in [-0.2, -0.15) is 0 Å². The number of carbonyl (C=O) groups is 2. The Hall–Kier alpha value is -3.36. The van der Waals surface area contributed by atoms with E-state index in [1.54, 1.807) is 12.1 Å². The lowest BCUT2D eigenvalue weighted by Gasteiger charge is -2.57. The summed E-state index contributed by atoms with van der Waals surface area (Å²) < 4.78 is 27.8. The molecule has 9 heteroatoms. The van der Waals surface area contributed by atoms with Gasteiger partial charge in [0.2, 0.25) is 21.8 Å². The van der Waals surface area contributed by atoms with Crippen LogP contribution in [0.2, 0.25) is 5.02 Å². The minimum absolute atomic E-state index is 0.0942. The SMILES string of the molecule is CC[C@@H](C)NC(=O)[C@@H](Cc1ccccc1)N(Cc1ccc(Cl)cc1)C(=O)CN(c1ccc(C23CC4CC(CC(C4)C2)C3)cc1)S(C)(=O)=O. The van der Waals surface area contributed by atoms with Gasteiger partial charge in [-0.25, -0.2) is 8.42 Å². The molecule has 7 rings (SSSR count). The van der Waals surface area contributed by atoms with Crippen LogP contribution < -0.4 is 9.62 Å². The topological polar surface area (TPSA) is 86.8 Å². The number of halogens is 1. The zero-order valence-electron chi connectivity index (χ0n) is 28.3. The van der Waals surface area contributed by atoms with Crippen LogP contribution in [0, 0.1) is 17.8 Å². The van der Waals surface area contributed by atoms with Crippen molar-refractivity contribution >= 4 is 39.1 Å². The fourth-order valence-electron chi connectivity index (χ4n) is 8.84. The molecular weight excluding hydrogens is 642 g/mol. The van der Waals surface area contributed by atoms with Gasteiger partial charge in [0.1, 0.15) is 12.6 Å². The van der Waals surface area contributed by atoms with Gasteiger partial charge in [-0.3, -0.25) is 13.9 Å². The lowest BCUT2D eigenvalue weighted by Crippen LogP contribution is -2.54. The van der Waals surface area contributed by atoms with Gasteiger partial charge in [0.05, 0.1) is 11.9 Å². The van der Waals surface area contributed by atoms with Gasteiger partial charge in [-0.05, 0) is 116 Å². The van der Waals surface area contributed by atoms with E-state index >= 15 is 0 Å². The summed E-state index contributed by atoms with van der Waals surface area (Å²) in [6, 6.07) is 23.7. The molecule has 4 aliphatic carbocycles. The molecular formula is C39H48ClN3O4S. The Bertz CT molecular complexity index is 1660. The van der Waals surface area contributed by atoms with Crippen LogP contribution in [-0.4, -0.2) is 50.0 Å². The summed E-state index contributed by atoms with van der Waals surface area (Å²) in [6.45, 7) is 3.61. The first-order chi connectivity index (χ1) is 22.9. The van der Waals surface area contributed by atoms with Crippen molar-refractivity contribution in [3.05, 3.63) is 101 Å². The van der Waals surface area contributed by atoms with Crippen molar-refractivity contribution in [2.75, 3.05) is 17.1 Å². The molecule has 1 N–H and O–H groups in total. The highest BCUT2D eigenvalue weighted by Gasteiger charge is 2.51. The summed E-state index contributed by atoms with van der Waals surface area (Å²) in [4.78, 5) is 29.9. The minimum atomic E-state index is -3.84. The van der Waals surface area contributed by atoms with Gasteiger partial charge in [0, 0.05) is 24.0 Å². The molecule has 48 heavy (non-hydrogen) atoms. The number of rotatable bonds is 13. The molecule has 3 aromatic rings. The van der Waals surface area contributed by atoms with E-state index in [0.29, 0.717) is 10.7 Å². The average Bonchev–Trinajstić information content (AvgIpc) is 3.05. The van der Waals surface area contributed by atoms with Crippen molar-refractivity contribution in [1.82, 2.24) is 10.2 Å². The van der Waals surface area contributed by atoms with Crippen LogP contribution in [0.15, 0.2) is 78.9 Å². The first-order valence-electron chi connectivity index (χ1n) is 17.4. The van der Waals surface area contributed by atoms with Crippen LogP contribution in [0.3, 0.4) is 0 Å². The lowest BCUT2D eigenvalue weighted by molar-refractivity contribution is -0.140. The highest BCUT2D eigenvalue weighted by molar-refractivity contribution is 7.92. The summed E-state index contributed by atoms with van der Waals surface area (Å²) in [5.41, 5.74) is 3.61. The van der Waals surface area contributed by atoms with Gasteiger partial charge in [0.15, 0.2) is 0 Å². The van der Waals surface area contributed by atoms with Gasteiger partial charge in [-0.15, -0.1) is 0 Å². The maximum atomic E-state index is 14.4. The molecule has 4 aliphatic rings. The Kier molecular flexibility index (Phi) is 10.2. The van der Waals surface area contributed by atoms with Crippen LogP contribution in [0.5, 0.6) is 0 Å². The van der Waals surface area contributed by atoms with Crippen LogP contribution in [0.25, 0.3) is 0 Å². The highest BCUT2D eigenvalue weighted by Crippen LogP contribution is 2.60. The molecule has 0 spiro atoms. The number of sulfonamides is 1. The molecule has 256 valence electrons. The third kappa shape index (κ3) is 7.76. The third-order valence-corrected chi connectivity index (χ3v) is 12.4. The first kappa shape index (κ1) is 34.5. The van der Waals surface area contributed by atoms with Crippen molar-refractivity contribution in [3.8, 4) is 0 Å². The molecule has 2 amide bonds. The smallest absolute Gasteiger partial charge is 0.244 e. The summed E-state index contributed by atoms with van der Waals surface area (Å²) in [5.74, 6) is 1.67. The molecule has 2 atom stereocenters. The Labute approximate surface area is 291 Å². The Morgan fingerprint density at radius 2 is 1.46 bits per heavy atom. The summed E-state index contributed by atoms with van der Waals surface area (Å²) in [5, 5.41) is 3.63. The molecule has 0 unspecified atom stereocenters. The van der Waals surface area contributed by atoms with E-state index in [-0.39, 0.29) is 30.3 Å². The molecule has 7 nitrogen and oxygen atoms in total. The van der Waals surface area contributed by atoms with Gasteiger partial charge in [-0.1, -0.05) is 73.1 Å². The van der Waals surface area contributed by atoms with Crippen LogP contribution in [-0.2, 0) is 38.0 Å². The van der Waals surface area contributed by atoms with E-state index in [1.165, 1.54) is 53.3 Å². The summed E-state index contributed by atoms with van der Waals surface area (Å²) in [6.07, 6.45) is 9.86. The fraction of sp³-hybridized carbons (Fsp3) is 0.487. The van der Waals surface area contributed by atoms with E-state index in [2.05, 4.69) is 17.4 Å². The molecule has 0 radical (unpaired) electrons. The van der Waals surface area contributed by atoms with E-state index < -0.39 is 28.5 Å². The van der Waals surface area contributed by atoms with Gasteiger partial charge >= 0.3 is 0 Å². The van der Waals surface area contributed by atoms with Crippen molar-refractivity contribution in [3.63, 3.8) is 0 Å². The molecule has 3 aromatic carbocycles. The standard InChI is InChI=1S/C39H48ClN3O4S/c1-4-27(2)41-38(45)36(21-28-8-6-5-7-9-28)42(25-29-10-14-34(40)15-11-29)37(44)26-43(48(3,46)47)35-16-12-33(13-17-35)39-22-30-18-31(23-39)20-32(19-30)24-39/h5-17,27,30-32,36H,4,18-26H2,1-3H3,(H,41,45)/t27-,30?,31?,32?,36-,39?/m1/s1. The second-order valence-corrected chi connectivity index (χ2v) is 17.0. The average molecular weight is 690 g/mol. The van der Waals surface area contributed by atoms with Crippen molar-refractivity contribution in [1.29, 1.82) is 0 Å². The molecule has 0 aromatic heterocycles. The fourth-order valence-corrected chi connectivity index (χ4v) is 9.82. The number of nitrogens with one attached hydrogen (secondary N) is 1. The van der Waals surface area contributed by atoms with Crippen molar-refractivity contribution < 1.29 is 18.0 Å². The normalized spacial score (nSPS) is 24.1. The van der Waals surface area contributed by atoms with E-state index in [4.69, 9.17) is 11.6 Å².